The average molecular weight is 368 g/mol. The summed E-state index contributed by atoms with van der Waals surface area (Å²) in [7, 11) is 0. The van der Waals surface area contributed by atoms with Crippen LogP contribution in [0.1, 0.15) is 56.7 Å². The quantitative estimate of drug-likeness (QED) is 0.714. The molecule has 7 heteroatoms. The molecule has 3 rings (SSSR count). The van der Waals surface area contributed by atoms with Gasteiger partial charge in [-0.05, 0) is 58.3 Å². The molecule has 1 aromatic carbocycles. The van der Waals surface area contributed by atoms with E-state index < -0.39 is 45.3 Å². The van der Waals surface area contributed by atoms with Gasteiger partial charge in [0.1, 0.15) is 10.6 Å². The van der Waals surface area contributed by atoms with E-state index in [-0.39, 0.29) is 5.56 Å². The van der Waals surface area contributed by atoms with Gasteiger partial charge >= 0.3 is 5.97 Å². The highest BCUT2D eigenvalue weighted by molar-refractivity contribution is 7.90. The highest BCUT2D eigenvalue weighted by Crippen LogP contribution is 2.59. The maximum absolute atomic E-state index is 14.6. The van der Waals surface area contributed by atoms with E-state index in [1.165, 1.54) is 6.07 Å². The number of carboxylic acids is 1. The van der Waals surface area contributed by atoms with Crippen molar-refractivity contribution in [1.82, 2.24) is 10.0 Å². The van der Waals surface area contributed by atoms with Crippen molar-refractivity contribution in [3.63, 3.8) is 0 Å². The predicted molar refractivity (Wildman–Crippen MR) is 95.1 cm³/mol. The summed E-state index contributed by atoms with van der Waals surface area (Å²) >= 11 is -1.38. The topological polar surface area (TPSA) is 84.4 Å². The smallest absolute Gasteiger partial charge is 0.311 e. The minimum absolute atomic E-state index is 0.250. The van der Waals surface area contributed by atoms with Gasteiger partial charge in [0, 0.05) is 22.3 Å². The van der Waals surface area contributed by atoms with Gasteiger partial charge < -0.3 is 15.0 Å². The van der Waals surface area contributed by atoms with Crippen LogP contribution in [0.15, 0.2) is 18.2 Å². The largest absolute Gasteiger partial charge is 0.598 e. The number of benzene rings is 1. The summed E-state index contributed by atoms with van der Waals surface area (Å²) < 4.78 is 30.0. The van der Waals surface area contributed by atoms with Crippen molar-refractivity contribution in [2.75, 3.05) is 13.1 Å². The molecular formula is C18H25FN2O3S. The number of hydrogen-bond donors (Lipinski definition) is 3. The lowest BCUT2D eigenvalue weighted by Crippen LogP contribution is -2.50. The van der Waals surface area contributed by atoms with Crippen LogP contribution >= 0.6 is 0 Å². The minimum atomic E-state index is -1.38. The first-order valence-corrected chi connectivity index (χ1v) is 9.73. The fourth-order valence-electron chi connectivity index (χ4n) is 4.18. The van der Waals surface area contributed by atoms with Crippen LogP contribution in [0.2, 0.25) is 0 Å². The van der Waals surface area contributed by atoms with Crippen LogP contribution in [0.5, 0.6) is 0 Å². The van der Waals surface area contributed by atoms with Crippen molar-refractivity contribution in [3.8, 4) is 0 Å². The van der Waals surface area contributed by atoms with E-state index in [0.717, 1.165) is 0 Å². The van der Waals surface area contributed by atoms with Crippen molar-refractivity contribution in [2.45, 2.75) is 50.3 Å². The predicted octanol–water partition coefficient (Wildman–Crippen LogP) is 2.47. The monoisotopic (exact) mass is 368 g/mol. The zero-order valence-corrected chi connectivity index (χ0v) is 15.6. The van der Waals surface area contributed by atoms with Gasteiger partial charge in [0.15, 0.2) is 0 Å². The Morgan fingerprint density at radius 1 is 1.40 bits per heavy atom. The number of fused-ring (bicyclic) bond motifs is 1. The highest BCUT2D eigenvalue weighted by Gasteiger charge is 2.59. The maximum atomic E-state index is 14.6. The summed E-state index contributed by atoms with van der Waals surface area (Å²) in [5.41, 5.74) is 0.204. The number of hydrogen-bond acceptors (Lipinski definition) is 4. The summed E-state index contributed by atoms with van der Waals surface area (Å²) in [6.07, 6.45) is 1.19. The number of rotatable bonds is 3. The summed E-state index contributed by atoms with van der Waals surface area (Å²) in [6, 6.07) is 4.23. The molecule has 1 heterocycles. The van der Waals surface area contributed by atoms with E-state index in [4.69, 9.17) is 0 Å². The standard InChI is InChI=1S/C18H25FN2O3S/c1-17(2,3)25(24)21-15-11-5-4-6-12(19)13(11)14(16(22)23)18(15)7-9-20-10-8-18/h4-6,14-15,20-21H,7-10H2,1-3H3,(H,22,23)/t14?,15-,25-/m1/s1. The molecule has 3 atom stereocenters. The molecule has 0 amide bonds. The van der Waals surface area contributed by atoms with Gasteiger partial charge in [0.25, 0.3) is 0 Å². The van der Waals surface area contributed by atoms with Crippen LogP contribution in [0, 0.1) is 11.2 Å². The van der Waals surface area contributed by atoms with Crippen LogP contribution in [0.3, 0.4) is 0 Å². The van der Waals surface area contributed by atoms with Gasteiger partial charge in [0.2, 0.25) is 0 Å². The normalized spacial score (nSPS) is 26.4. The third-order valence-corrected chi connectivity index (χ3v) is 6.96. The van der Waals surface area contributed by atoms with Gasteiger partial charge in [-0.1, -0.05) is 12.1 Å². The lowest BCUT2D eigenvalue weighted by Gasteiger charge is -2.43. The van der Waals surface area contributed by atoms with E-state index in [1.807, 2.05) is 20.8 Å². The first kappa shape index (κ1) is 18.6. The summed E-state index contributed by atoms with van der Waals surface area (Å²) in [5, 5.41) is 13.2. The first-order valence-electron chi connectivity index (χ1n) is 8.58. The first-order chi connectivity index (χ1) is 11.7. The van der Waals surface area contributed by atoms with Crippen LogP contribution in [-0.4, -0.2) is 33.5 Å². The maximum Gasteiger partial charge on any atom is 0.311 e. The molecule has 1 aromatic rings. The number of aliphatic carboxylic acids is 1. The van der Waals surface area contributed by atoms with Crippen LogP contribution in [0.25, 0.3) is 0 Å². The molecule has 1 aliphatic carbocycles. The molecule has 5 nitrogen and oxygen atoms in total. The molecular weight excluding hydrogens is 343 g/mol. The number of piperidine rings is 1. The van der Waals surface area contributed by atoms with Crippen molar-refractivity contribution >= 4 is 17.3 Å². The Morgan fingerprint density at radius 2 is 2.04 bits per heavy atom. The van der Waals surface area contributed by atoms with E-state index in [2.05, 4.69) is 10.0 Å². The Labute approximate surface area is 150 Å². The number of halogens is 1. The molecule has 1 fully saturated rings. The van der Waals surface area contributed by atoms with Gasteiger partial charge in [-0.3, -0.25) is 4.79 Å². The Morgan fingerprint density at radius 3 is 2.60 bits per heavy atom. The Balaban J connectivity index is 2.13. The Bertz CT molecular complexity index is 671. The second-order valence-corrected chi connectivity index (χ2v) is 9.93. The lowest BCUT2D eigenvalue weighted by atomic mass is 9.67. The molecule has 1 spiro atoms. The minimum Gasteiger partial charge on any atom is -0.598 e. The van der Waals surface area contributed by atoms with Crippen molar-refractivity contribution in [1.29, 1.82) is 0 Å². The lowest BCUT2D eigenvalue weighted by molar-refractivity contribution is -0.143. The molecule has 1 aliphatic heterocycles. The molecule has 1 saturated heterocycles. The fourth-order valence-corrected chi connectivity index (χ4v) is 5.11. The Kier molecular flexibility index (Phi) is 4.87. The zero-order valence-electron chi connectivity index (χ0n) is 14.8. The highest BCUT2D eigenvalue weighted by atomic mass is 32.2. The molecule has 0 aromatic heterocycles. The van der Waals surface area contributed by atoms with Gasteiger partial charge in [0.05, 0.1) is 12.0 Å². The van der Waals surface area contributed by atoms with Crippen LogP contribution < -0.4 is 10.0 Å². The molecule has 0 saturated carbocycles. The van der Waals surface area contributed by atoms with Crippen LogP contribution in [-0.2, 0) is 16.2 Å². The summed E-state index contributed by atoms with van der Waals surface area (Å²) in [5.74, 6) is -2.44. The fraction of sp³-hybridized carbons (Fsp3) is 0.611. The van der Waals surface area contributed by atoms with Crippen LogP contribution in [0.4, 0.5) is 4.39 Å². The Hall–Kier alpha value is -1.15. The molecule has 3 N–H and O–H groups in total. The van der Waals surface area contributed by atoms with Crippen molar-refractivity contribution in [2.24, 2.45) is 5.41 Å². The van der Waals surface area contributed by atoms with Gasteiger partial charge in [-0.2, -0.15) is 0 Å². The number of carboxylic acid groups (broad SMARTS) is 1. The van der Waals surface area contributed by atoms with E-state index in [1.54, 1.807) is 12.1 Å². The summed E-state index contributed by atoms with van der Waals surface area (Å²) in [6.45, 7) is 6.92. The van der Waals surface area contributed by atoms with Gasteiger partial charge in [-0.25, -0.2) is 4.39 Å². The second-order valence-electron chi connectivity index (χ2n) is 7.93. The average Bonchev–Trinajstić information content (AvgIpc) is 2.79. The van der Waals surface area contributed by atoms with E-state index >= 15 is 0 Å². The van der Waals surface area contributed by atoms with Gasteiger partial charge in [-0.15, -0.1) is 4.72 Å². The third-order valence-electron chi connectivity index (χ3n) is 5.40. The van der Waals surface area contributed by atoms with Crippen molar-refractivity contribution in [3.05, 3.63) is 35.1 Å². The van der Waals surface area contributed by atoms with E-state index in [9.17, 15) is 18.8 Å². The second kappa shape index (κ2) is 6.54. The van der Waals surface area contributed by atoms with Crippen molar-refractivity contribution < 1.29 is 18.8 Å². The zero-order chi connectivity index (χ0) is 18.4. The SMILES string of the molecule is CC(C)(C)[S@@+]([O-])N[C@@H]1c2cccc(F)c2C(C(=O)O)C12CCNCC2. The number of carbonyl (C=O) groups is 1. The van der Waals surface area contributed by atoms with E-state index in [0.29, 0.717) is 31.5 Å². The third kappa shape index (κ3) is 3.07. The molecule has 25 heavy (non-hydrogen) atoms. The molecule has 1 unspecified atom stereocenters. The molecule has 0 bridgehead atoms. The molecule has 2 aliphatic rings. The molecule has 0 radical (unpaired) electrons. The number of nitrogens with one attached hydrogen (secondary N) is 2. The summed E-state index contributed by atoms with van der Waals surface area (Å²) in [4.78, 5) is 12.1. The molecule has 138 valence electrons.